The second-order valence-corrected chi connectivity index (χ2v) is 7.73. The van der Waals surface area contributed by atoms with Crippen molar-refractivity contribution >= 4 is 30.2 Å². The van der Waals surface area contributed by atoms with E-state index in [2.05, 4.69) is 0 Å². The summed E-state index contributed by atoms with van der Waals surface area (Å²) in [5, 5.41) is 0.278. The van der Waals surface area contributed by atoms with Gasteiger partial charge in [-0.15, -0.1) is 0 Å². The van der Waals surface area contributed by atoms with Crippen molar-refractivity contribution in [3.8, 4) is 5.75 Å². The Kier molecular flexibility index (Phi) is 3.53. The van der Waals surface area contributed by atoms with Crippen LogP contribution < -0.4 is 10.2 Å². The largest absolute Gasteiger partial charge is 0.498 e. The van der Waals surface area contributed by atoms with Gasteiger partial charge in [-0.2, -0.15) is 0 Å². The van der Waals surface area contributed by atoms with Crippen LogP contribution in [0.1, 0.15) is 51.9 Å². The molecule has 124 valence electrons. The molecule has 1 aromatic rings. The van der Waals surface area contributed by atoms with Gasteiger partial charge in [0, 0.05) is 19.3 Å². The van der Waals surface area contributed by atoms with Gasteiger partial charge >= 0.3 is 13.1 Å². The minimum atomic E-state index is -1.08. The molecule has 0 radical (unpaired) electrons. The van der Waals surface area contributed by atoms with Crippen molar-refractivity contribution in [1.29, 1.82) is 0 Å². The molecule has 2 aliphatic rings. The Morgan fingerprint density at radius 1 is 0.957 bits per heavy atom. The molecule has 1 saturated heterocycles. The van der Waals surface area contributed by atoms with Gasteiger partial charge in [0.25, 0.3) is 0 Å². The van der Waals surface area contributed by atoms with E-state index >= 15 is 0 Å². The third-order valence-corrected chi connectivity index (χ3v) is 4.85. The number of esters is 1. The molecule has 0 N–H and O–H groups in total. The number of hydrogen-bond donors (Lipinski definition) is 0. The fraction of sp³-hybridized carbons (Fsp3) is 0.562. The lowest BCUT2D eigenvalue weighted by Crippen LogP contribution is -2.44. The SMILES string of the molecule is CC1(C)OC(=O)c2c(Cl)ccc(B3OC(C)(C)C(C)(C)O3)c2O1. The molecule has 1 fully saturated rings. The van der Waals surface area contributed by atoms with Crippen molar-refractivity contribution in [2.45, 2.75) is 58.5 Å². The van der Waals surface area contributed by atoms with E-state index in [4.69, 9.17) is 30.4 Å². The lowest BCUT2D eigenvalue weighted by atomic mass is 9.77. The van der Waals surface area contributed by atoms with Crippen LogP contribution in [0.4, 0.5) is 0 Å². The summed E-state index contributed by atoms with van der Waals surface area (Å²) in [6.07, 6.45) is 0. The molecule has 5 nitrogen and oxygen atoms in total. The fourth-order valence-corrected chi connectivity index (χ4v) is 2.80. The van der Waals surface area contributed by atoms with Crippen LogP contribution in [-0.2, 0) is 14.0 Å². The van der Waals surface area contributed by atoms with Crippen LogP contribution >= 0.6 is 11.6 Å². The number of carbonyl (C=O) groups excluding carboxylic acids is 1. The first-order valence-corrected chi connectivity index (χ1v) is 7.92. The third-order valence-electron chi connectivity index (χ3n) is 4.53. The molecular formula is C16H20BClO5. The Bertz CT molecular complexity index is 667. The number of ether oxygens (including phenoxy) is 2. The quantitative estimate of drug-likeness (QED) is 0.582. The van der Waals surface area contributed by atoms with Crippen LogP contribution in [0.3, 0.4) is 0 Å². The molecule has 7 heteroatoms. The van der Waals surface area contributed by atoms with E-state index in [0.717, 1.165) is 0 Å². The normalized spacial score (nSPS) is 24.0. The molecular weight excluding hydrogens is 318 g/mol. The molecule has 0 unspecified atom stereocenters. The van der Waals surface area contributed by atoms with Gasteiger partial charge in [0.2, 0.25) is 5.79 Å². The van der Waals surface area contributed by atoms with Crippen molar-refractivity contribution in [1.82, 2.24) is 0 Å². The maximum absolute atomic E-state index is 12.3. The molecule has 3 rings (SSSR count). The maximum atomic E-state index is 12.3. The van der Waals surface area contributed by atoms with Gasteiger partial charge in [0.1, 0.15) is 11.3 Å². The minimum absolute atomic E-state index is 0.207. The van der Waals surface area contributed by atoms with E-state index in [1.54, 1.807) is 26.0 Å². The highest BCUT2D eigenvalue weighted by molar-refractivity contribution is 6.63. The average molecular weight is 339 g/mol. The van der Waals surface area contributed by atoms with Gasteiger partial charge in [-0.05, 0) is 33.8 Å². The lowest BCUT2D eigenvalue weighted by Gasteiger charge is -2.33. The summed E-state index contributed by atoms with van der Waals surface area (Å²) < 4.78 is 23.2. The Morgan fingerprint density at radius 2 is 1.52 bits per heavy atom. The van der Waals surface area contributed by atoms with E-state index in [1.165, 1.54) is 0 Å². The van der Waals surface area contributed by atoms with Gasteiger partial charge in [-0.3, -0.25) is 0 Å². The number of rotatable bonds is 1. The lowest BCUT2D eigenvalue weighted by molar-refractivity contribution is -0.126. The van der Waals surface area contributed by atoms with Crippen molar-refractivity contribution in [2.75, 3.05) is 0 Å². The number of benzene rings is 1. The summed E-state index contributed by atoms with van der Waals surface area (Å²) in [6, 6.07) is 3.39. The molecule has 2 heterocycles. The summed E-state index contributed by atoms with van der Waals surface area (Å²) in [7, 11) is -0.646. The van der Waals surface area contributed by atoms with E-state index < -0.39 is 30.1 Å². The number of halogens is 1. The van der Waals surface area contributed by atoms with Gasteiger partial charge in [0.05, 0.1) is 16.2 Å². The molecule has 23 heavy (non-hydrogen) atoms. The van der Waals surface area contributed by atoms with Gasteiger partial charge in [-0.1, -0.05) is 17.7 Å². The fourth-order valence-electron chi connectivity index (χ4n) is 2.57. The highest BCUT2D eigenvalue weighted by Crippen LogP contribution is 2.40. The molecule has 0 atom stereocenters. The van der Waals surface area contributed by atoms with E-state index in [-0.39, 0.29) is 10.6 Å². The van der Waals surface area contributed by atoms with Gasteiger partial charge in [0.15, 0.2) is 0 Å². The van der Waals surface area contributed by atoms with Crippen LogP contribution in [0.5, 0.6) is 5.75 Å². The molecule has 0 aliphatic carbocycles. The highest BCUT2D eigenvalue weighted by atomic mass is 35.5. The van der Waals surface area contributed by atoms with Crippen molar-refractivity contribution in [2.24, 2.45) is 0 Å². The summed E-state index contributed by atoms with van der Waals surface area (Å²) in [5.41, 5.74) is -0.144. The van der Waals surface area contributed by atoms with Gasteiger partial charge < -0.3 is 18.8 Å². The monoisotopic (exact) mass is 338 g/mol. The zero-order valence-corrected chi connectivity index (χ0v) is 14.9. The Balaban J connectivity index is 2.10. The Labute approximate surface area is 141 Å². The third kappa shape index (κ3) is 2.63. The first-order valence-electron chi connectivity index (χ1n) is 7.54. The van der Waals surface area contributed by atoms with Crippen LogP contribution in [0.15, 0.2) is 12.1 Å². The van der Waals surface area contributed by atoms with E-state index in [0.29, 0.717) is 11.2 Å². The van der Waals surface area contributed by atoms with Crippen molar-refractivity contribution in [3.63, 3.8) is 0 Å². The molecule has 0 saturated carbocycles. The second-order valence-electron chi connectivity index (χ2n) is 7.32. The second kappa shape index (κ2) is 4.88. The first kappa shape index (κ1) is 16.6. The van der Waals surface area contributed by atoms with Crippen molar-refractivity contribution < 1.29 is 23.6 Å². The number of hydrogen-bond acceptors (Lipinski definition) is 5. The first-order chi connectivity index (χ1) is 10.4. The predicted octanol–water partition coefficient (Wildman–Crippen LogP) is 2.92. The topological polar surface area (TPSA) is 54.0 Å². The van der Waals surface area contributed by atoms with Crippen LogP contribution in [-0.4, -0.2) is 30.1 Å². The van der Waals surface area contributed by atoms with E-state index in [9.17, 15) is 4.79 Å². The zero-order chi connectivity index (χ0) is 17.2. The van der Waals surface area contributed by atoms with Crippen LogP contribution in [0.2, 0.25) is 5.02 Å². The molecule has 0 bridgehead atoms. The summed E-state index contributed by atoms with van der Waals surface area (Å²) in [5.74, 6) is -1.23. The molecule has 0 aromatic heterocycles. The standard InChI is InChI=1S/C16H20BClO5/c1-14(2)15(3,4)23-17(22-14)9-7-8-10(18)11-12(9)20-16(5,6)21-13(11)19/h7-8H,1-6H3. The summed E-state index contributed by atoms with van der Waals surface area (Å²) >= 11 is 6.16. The highest BCUT2D eigenvalue weighted by Gasteiger charge is 2.53. The van der Waals surface area contributed by atoms with E-state index in [1.807, 2.05) is 27.7 Å². The minimum Gasteiger partial charge on any atom is -0.452 e. The molecule has 1 aromatic carbocycles. The number of fused-ring (bicyclic) bond motifs is 1. The average Bonchev–Trinajstić information content (AvgIpc) is 2.56. The molecule has 0 amide bonds. The Morgan fingerprint density at radius 3 is 2.09 bits per heavy atom. The van der Waals surface area contributed by atoms with Crippen LogP contribution in [0, 0.1) is 0 Å². The zero-order valence-electron chi connectivity index (χ0n) is 14.2. The van der Waals surface area contributed by atoms with Gasteiger partial charge in [-0.25, -0.2) is 4.79 Å². The molecule has 0 spiro atoms. The smallest absolute Gasteiger partial charge is 0.452 e. The summed E-state index contributed by atoms with van der Waals surface area (Å²) in [6.45, 7) is 11.2. The van der Waals surface area contributed by atoms with Crippen LogP contribution in [0.25, 0.3) is 0 Å². The number of carbonyl (C=O) groups is 1. The predicted molar refractivity (Wildman–Crippen MR) is 87.3 cm³/mol. The number of cyclic esters (lactones) is 1. The Hall–Kier alpha value is -1.24. The molecule has 2 aliphatic heterocycles. The van der Waals surface area contributed by atoms with Crippen molar-refractivity contribution in [3.05, 3.63) is 22.7 Å². The summed E-state index contributed by atoms with van der Waals surface area (Å²) in [4.78, 5) is 12.3. The maximum Gasteiger partial charge on any atom is 0.498 e.